The van der Waals surface area contributed by atoms with Gasteiger partial charge in [0.1, 0.15) is 24.4 Å². The lowest BCUT2D eigenvalue weighted by molar-refractivity contribution is -0.302. The molecule has 6 N–H and O–H groups in total. The van der Waals surface area contributed by atoms with Gasteiger partial charge in [-0.05, 0) is 51.9 Å². The number of allylic oxidation sites excluding steroid dienone is 5. The minimum Gasteiger partial charge on any atom is -0.466 e. The maximum Gasteiger partial charge on any atom is 0.305 e. The van der Waals surface area contributed by atoms with Crippen LogP contribution in [0, 0.1) is 0 Å². The number of carbonyl (C=O) groups is 2. The molecule has 11 heteroatoms. The van der Waals surface area contributed by atoms with E-state index in [1.165, 1.54) is 340 Å². The van der Waals surface area contributed by atoms with E-state index in [-0.39, 0.29) is 18.5 Å². The average molecular weight is 1340 g/mol. The monoisotopic (exact) mass is 1340 g/mol. The number of rotatable bonds is 75. The predicted octanol–water partition coefficient (Wildman–Crippen LogP) is 22.9. The summed E-state index contributed by atoms with van der Waals surface area (Å²) in [7, 11) is 0. The molecule has 7 atom stereocenters. The Labute approximate surface area is 587 Å². The Morgan fingerprint density at radius 3 is 1.04 bits per heavy atom. The van der Waals surface area contributed by atoms with E-state index in [1.807, 2.05) is 19.1 Å². The predicted molar refractivity (Wildman–Crippen MR) is 403 cm³/mol. The Hall–Kier alpha value is -2.12. The molecule has 1 saturated heterocycles. The summed E-state index contributed by atoms with van der Waals surface area (Å²) < 4.78 is 16.7. The number of nitrogens with one attached hydrogen (secondary N) is 1. The summed E-state index contributed by atoms with van der Waals surface area (Å²) in [4.78, 5) is 25.2. The molecule has 7 unspecified atom stereocenters. The van der Waals surface area contributed by atoms with Gasteiger partial charge in [0.05, 0.1) is 32.0 Å². The van der Waals surface area contributed by atoms with E-state index >= 15 is 0 Å². The van der Waals surface area contributed by atoms with Crippen molar-refractivity contribution < 1.29 is 49.3 Å². The first-order valence-electron chi connectivity index (χ1n) is 41.7. The molecule has 1 rings (SSSR count). The zero-order valence-electron chi connectivity index (χ0n) is 62.7. The van der Waals surface area contributed by atoms with Gasteiger partial charge < -0.3 is 45.1 Å². The number of aliphatic hydroxyl groups excluding tert-OH is 5. The van der Waals surface area contributed by atoms with Crippen LogP contribution < -0.4 is 5.32 Å². The summed E-state index contributed by atoms with van der Waals surface area (Å²) in [5.41, 5.74) is 0. The molecule has 0 radical (unpaired) electrons. The number of hydrogen-bond donors (Lipinski definition) is 6. The Kier molecular flexibility index (Phi) is 69.9. The number of hydrogen-bond acceptors (Lipinski definition) is 10. The van der Waals surface area contributed by atoms with Gasteiger partial charge in [0, 0.05) is 12.8 Å². The smallest absolute Gasteiger partial charge is 0.305 e. The van der Waals surface area contributed by atoms with Crippen LogP contribution in [0.15, 0.2) is 36.5 Å². The molecule has 11 nitrogen and oxygen atoms in total. The molecule has 0 aliphatic carbocycles. The Bertz CT molecular complexity index is 1670. The first kappa shape index (κ1) is 90.9. The molecule has 1 aliphatic heterocycles. The van der Waals surface area contributed by atoms with Crippen LogP contribution in [0.4, 0.5) is 0 Å². The topological polar surface area (TPSA) is 175 Å². The highest BCUT2D eigenvalue weighted by molar-refractivity contribution is 5.76. The van der Waals surface area contributed by atoms with Gasteiger partial charge in [-0.2, -0.15) is 0 Å². The van der Waals surface area contributed by atoms with E-state index in [0.29, 0.717) is 19.4 Å². The van der Waals surface area contributed by atoms with E-state index in [0.717, 1.165) is 57.8 Å². The van der Waals surface area contributed by atoms with Crippen molar-refractivity contribution in [1.29, 1.82) is 0 Å². The van der Waals surface area contributed by atoms with E-state index in [9.17, 15) is 35.1 Å². The normalized spacial score (nSPS) is 17.5. The van der Waals surface area contributed by atoms with Crippen LogP contribution in [-0.2, 0) is 23.8 Å². The lowest BCUT2D eigenvalue weighted by Crippen LogP contribution is -2.60. The molecule has 560 valence electrons. The number of amides is 1. The molecule has 1 amide bonds. The van der Waals surface area contributed by atoms with Crippen LogP contribution in [0.1, 0.15) is 425 Å². The average Bonchev–Trinajstić information content (AvgIpc) is 0.834. The number of aliphatic hydroxyl groups is 5. The van der Waals surface area contributed by atoms with E-state index < -0.39 is 49.5 Å². The van der Waals surface area contributed by atoms with Gasteiger partial charge in [-0.25, -0.2) is 0 Å². The van der Waals surface area contributed by atoms with Crippen molar-refractivity contribution in [2.75, 3.05) is 19.8 Å². The minimum atomic E-state index is -1.58. The fourth-order valence-corrected chi connectivity index (χ4v) is 13.6. The van der Waals surface area contributed by atoms with Crippen LogP contribution in [0.2, 0.25) is 0 Å². The minimum absolute atomic E-state index is 0.0237. The molecule has 0 aromatic rings. The first-order valence-corrected chi connectivity index (χ1v) is 41.7. The van der Waals surface area contributed by atoms with Crippen LogP contribution >= 0.6 is 0 Å². The number of carbonyl (C=O) groups excluding carboxylic acids is 2. The molecule has 1 aliphatic rings. The van der Waals surface area contributed by atoms with E-state index in [4.69, 9.17) is 14.2 Å². The van der Waals surface area contributed by atoms with Crippen LogP contribution in [-0.4, -0.2) is 100 Å². The van der Waals surface area contributed by atoms with Crippen molar-refractivity contribution in [3.8, 4) is 0 Å². The van der Waals surface area contributed by atoms with E-state index in [1.54, 1.807) is 6.08 Å². The second kappa shape index (κ2) is 73.1. The highest BCUT2D eigenvalue weighted by atomic mass is 16.7. The molecule has 1 fully saturated rings. The van der Waals surface area contributed by atoms with Crippen LogP contribution in [0.3, 0.4) is 0 Å². The summed E-state index contributed by atoms with van der Waals surface area (Å²) in [5, 5.41) is 54.3. The van der Waals surface area contributed by atoms with Crippen LogP contribution in [0.5, 0.6) is 0 Å². The number of esters is 1. The summed E-state index contributed by atoms with van der Waals surface area (Å²) >= 11 is 0. The third kappa shape index (κ3) is 61.5. The lowest BCUT2D eigenvalue weighted by atomic mass is 9.99. The van der Waals surface area contributed by atoms with Crippen molar-refractivity contribution in [3.63, 3.8) is 0 Å². The fourth-order valence-electron chi connectivity index (χ4n) is 13.6. The zero-order valence-corrected chi connectivity index (χ0v) is 62.7. The second-order valence-electron chi connectivity index (χ2n) is 29.2. The third-order valence-electron chi connectivity index (χ3n) is 20.1. The summed E-state index contributed by atoms with van der Waals surface area (Å²) in [6.07, 6.45) is 86.8. The van der Waals surface area contributed by atoms with Gasteiger partial charge >= 0.3 is 5.97 Å². The summed E-state index contributed by atoms with van der Waals surface area (Å²) in [5.74, 6) is -0.168. The largest absolute Gasteiger partial charge is 0.466 e. The number of ether oxygens (including phenoxy) is 3. The van der Waals surface area contributed by atoms with Crippen molar-refractivity contribution in [2.45, 2.75) is 468 Å². The maximum absolute atomic E-state index is 13.0. The highest BCUT2D eigenvalue weighted by Crippen LogP contribution is 2.24. The molecular weight excluding hydrogens is 1180 g/mol. The van der Waals surface area contributed by atoms with Crippen LogP contribution in [0.25, 0.3) is 0 Å². The van der Waals surface area contributed by atoms with E-state index in [2.05, 4.69) is 30.5 Å². The van der Waals surface area contributed by atoms with Crippen molar-refractivity contribution in [2.24, 2.45) is 0 Å². The Balaban J connectivity index is 1.81. The SMILES string of the molecule is C/C=C/CC/C=C/CC/C=C/C(O)C(COC1OC(CO)C(O)C(O)C1O)NC(=O)CCCCCCCCCCCCCCCCCCCCCCCCCCCCCCCCCCCCCCCCCOC(=O)CCCCCCCCCCCCCCCCCCCCC. The van der Waals surface area contributed by atoms with Gasteiger partial charge in [0.25, 0.3) is 0 Å². The third-order valence-corrected chi connectivity index (χ3v) is 20.1. The molecule has 0 aromatic carbocycles. The Morgan fingerprint density at radius 1 is 0.400 bits per heavy atom. The maximum atomic E-state index is 13.0. The van der Waals surface area contributed by atoms with Gasteiger partial charge in [-0.3, -0.25) is 9.59 Å². The van der Waals surface area contributed by atoms with Crippen molar-refractivity contribution >= 4 is 11.9 Å². The fraction of sp³-hybridized carbons (Fsp3) is 0.905. The number of unbranched alkanes of at least 4 members (excludes halogenated alkanes) is 58. The Morgan fingerprint density at radius 2 is 0.705 bits per heavy atom. The quantitative estimate of drug-likeness (QED) is 0.0195. The molecule has 0 bridgehead atoms. The summed E-state index contributed by atoms with van der Waals surface area (Å²) in [6.45, 7) is 4.15. The molecule has 0 aromatic heterocycles. The standard InChI is InChI=1S/C84H159NO10/c1-3-5-7-9-11-13-14-15-16-17-39-43-46-49-52-56-60-64-68-72-80(89)93-73-69-65-61-57-53-50-47-44-41-38-36-34-32-30-28-26-24-22-20-18-19-21-23-25-27-29-31-33-35-37-40-42-45-48-51-55-59-63-67-71-79(88)85-76(77(87)70-66-62-58-54-12-10-8-6-4-2)75-94-84-83(92)82(91)81(90)78(74-86)95-84/h4,6,12,54,66,70,76-78,81-84,86-87,90-92H,3,5,7-11,13-53,55-65,67-69,71-75H2,1-2H3,(H,85,88)/b6-4+,54-12+,70-66+. The van der Waals surface area contributed by atoms with Gasteiger partial charge in [0.15, 0.2) is 6.29 Å². The van der Waals surface area contributed by atoms with Gasteiger partial charge in [-0.1, -0.05) is 397 Å². The highest BCUT2D eigenvalue weighted by Gasteiger charge is 2.44. The molecule has 1 heterocycles. The first-order chi connectivity index (χ1) is 46.7. The van der Waals surface area contributed by atoms with Gasteiger partial charge in [-0.15, -0.1) is 0 Å². The molecule has 95 heavy (non-hydrogen) atoms. The molecular formula is C84H159NO10. The van der Waals surface area contributed by atoms with Crippen molar-refractivity contribution in [1.82, 2.24) is 5.32 Å². The summed E-state index contributed by atoms with van der Waals surface area (Å²) in [6, 6.07) is -0.829. The second-order valence-corrected chi connectivity index (χ2v) is 29.2. The lowest BCUT2D eigenvalue weighted by Gasteiger charge is -2.40. The van der Waals surface area contributed by atoms with Gasteiger partial charge in [0.2, 0.25) is 5.91 Å². The molecule has 0 spiro atoms. The van der Waals surface area contributed by atoms with Crippen molar-refractivity contribution in [3.05, 3.63) is 36.5 Å². The molecule has 0 saturated carbocycles. The zero-order chi connectivity index (χ0) is 68.6.